The smallest absolute Gasteiger partial charge is 0.272 e. The molecule has 0 amide bonds. The zero-order chi connectivity index (χ0) is 21.6. The van der Waals surface area contributed by atoms with Crippen LogP contribution < -0.4 is 17.2 Å². The van der Waals surface area contributed by atoms with Gasteiger partial charge in [-0.15, -0.1) is 0 Å². The van der Waals surface area contributed by atoms with Crippen molar-refractivity contribution in [3.8, 4) is 0 Å². The average molecular weight is 419 g/mol. The predicted octanol–water partition coefficient (Wildman–Crippen LogP) is 3.75. The molecular formula is C20H26N4O2S2. The average Bonchev–Trinajstić information content (AvgIpc) is 2.55. The molecule has 0 heterocycles. The lowest BCUT2D eigenvalue weighted by molar-refractivity contribution is -0.385. The van der Waals surface area contributed by atoms with Crippen LogP contribution in [0.2, 0.25) is 0 Å². The second kappa shape index (κ2) is 10.1. The van der Waals surface area contributed by atoms with Crippen LogP contribution in [0.15, 0.2) is 24.3 Å². The van der Waals surface area contributed by atoms with Crippen molar-refractivity contribution in [2.75, 3.05) is 5.73 Å². The van der Waals surface area contributed by atoms with Gasteiger partial charge in [0.25, 0.3) is 5.69 Å². The molecule has 6 nitrogen and oxygen atoms in total. The summed E-state index contributed by atoms with van der Waals surface area (Å²) in [7, 11) is 0. The molecule has 6 N–H and O–H groups in total. The number of aryl methyl sites for hydroxylation is 4. The summed E-state index contributed by atoms with van der Waals surface area (Å²) in [5, 5.41) is 10.7. The van der Waals surface area contributed by atoms with Crippen molar-refractivity contribution >= 4 is 45.8 Å². The van der Waals surface area contributed by atoms with E-state index in [0.717, 1.165) is 27.9 Å². The van der Waals surface area contributed by atoms with E-state index in [1.54, 1.807) is 19.1 Å². The molecule has 0 atom stereocenters. The van der Waals surface area contributed by atoms with Gasteiger partial charge in [0.15, 0.2) is 0 Å². The van der Waals surface area contributed by atoms with Gasteiger partial charge in [-0.25, -0.2) is 0 Å². The van der Waals surface area contributed by atoms with Crippen LogP contribution in [0.5, 0.6) is 0 Å². The van der Waals surface area contributed by atoms with Crippen LogP contribution in [0.25, 0.3) is 0 Å². The summed E-state index contributed by atoms with van der Waals surface area (Å²) in [6.07, 6.45) is 1.14. The van der Waals surface area contributed by atoms with Crippen molar-refractivity contribution in [3.63, 3.8) is 0 Å². The van der Waals surface area contributed by atoms with E-state index < -0.39 is 0 Å². The number of hydrogen-bond acceptors (Lipinski definition) is 5. The van der Waals surface area contributed by atoms with Crippen LogP contribution >= 0.6 is 24.4 Å². The van der Waals surface area contributed by atoms with Gasteiger partial charge in [-0.05, 0) is 67.6 Å². The molecule has 0 aliphatic heterocycles. The molecule has 0 fully saturated rings. The summed E-state index contributed by atoms with van der Waals surface area (Å²) in [6, 6.07) is 7.34. The van der Waals surface area contributed by atoms with E-state index in [0.29, 0.717) is 28.4 Å². The number of nitro benzene ring substituents is 1. The van der Waals surface area contributed by atoms with E-state index in [-0.39, 0.29) is 10.6 Å². The third-order valence-electron chi connectivity index (χ3n) is 4.31. The maximum Gasteiger partial charge on any atom is 0.272 e. The SMILES string of the molecule is Cc1cc(CC(N)=S)c(C)cc1N.Cc1cc([N+](=O)[O-])c(C)cc1CC(N)=S. The maximum atomic E-state index is 10.7. The fourth-order valence-electron chi connectivity index (χ4n) is 2.71. The molecule has 0 bridgehead atoms. The number of nitrogen functional groups attached to an aromatic ring is 1. The second-order valence-electron chi connectivity index (χ2n) is 6.74. The normalized spacial score (nSPS) is 10.0. The largest absolute Gasteiger partial charge is 0.399 e. The third-order valence-corrected chi connectivity index (χ3v) is 4.59. The van der Waals surface area contributed by atoms with Crippen LogP contribution in [0.3, 0.4) is 0 Å². The minimum Gasteiger partial charge on any atom is -0.399 e. The van der Waals surface area contributed by atoms with E-state index in [9.17, 15) is 10.1 Å². The van der Waals surface area contributed by atoms with E-state index in [1.807, 2.05) is 32.9 Å². The van der Waals surface area contributed by atoms with Gasteiger partial charge in [-0.3, -0.25) is 10.1 Å². The molecule has 0 spiro atoms. The number of hydrogen-bond donors (Lipinski definition) is 3. The van der Waals surface area contributed by atoms with Gasteiger partial charge < -0.3 is 17.2 Å². The Morgan fingerprint density at radius 3 is 1.71 bits per heavy atom. The molecule has 0 radical (unpaired) electrons. The minimum absolute atomic E-state index is 0.138. The molecule has 2 aromatic carbocycles. The number of anilines is 1. The number of nitrogens with two attached hydrogens (primary N) is 3. The Kier molecular flexibility index (Phi) is 8.46. The van der Waals surface area contributed by atoms with Crippen molar-refractivity contribution in [1.82, 2.24) is 0 Å². The van der Waals surface area contributed by atoms with Gasteiger partial charge in [0.2, 0.25) is 0 Å². The predicted molar refractivity (Wildman–Crippen MR) is 124 cm³/mol. The summed E-state index contributed by atoms with van der Waals surface area (Å²) in [5.74, 6) is 0. The van der Waals surface area contributed by atoms with Crippen LogP contribution in [-0.4, -0.2) is 14.9 Å². The molecule has 2 aromatic rings. The van der Waals surface area contributed by atoms with Crippen LogP contribution in [0.4, 0.5) is 11.4 Å². The Labute approximate surface area is 176 Å². The highest BCUT2D eigenvalue weighted by Gasteiger charge is 2.13. The Morgan fingerprint density at radius 1 is 0.857 bits per heavy atom. The Morgan fingerprint density at radius 2 is 1.29 bits per heavy atom. The molecular weight excluding hydrogens is 392 g/mol. The molecule has 28 heavy (non-hydrogen) atoms. The maximum absolute atomic E-state index is 10.7. The minimum atomic E-state index is -0.382. The van der Waals surface area contributed by atoms with E-state index in [2.05, 4.69) is 0 Å². The van der Waals surface area contributed by atoms with Crippen molar-refractivity contribution in [2.45, 2.75) is 40.5 Å². The molecule has 0 aliphatic rings. The van der Waals surface area contributed by atoms with Gasteiger partial charge in [0.05, 0.1) is 14.9 Å². The third kappa shape index (κ3) is 6.86. The molecule has 0 saturated carbocycles. The zero-order valence-corrected chi connectivity index (χ0v) is 18.2. The molecule has 0 unspecified atom stereocenters. The topological polar surface area (TPSA) is 121 Å². The van der Waals surface area contributed by atoms with Crippen LogP contribution in [-0.2, 0) is 12.8 Å². The first-order valence-electron chi connectivity index (χ1n) is 8.59. The summed E-state index contributed by atoms with van der Waals surface area (Å²) in [5.41, 5.74) is 23.5. The summed E-state index contributed by atoms with van der Waals surface area (Å²) in [6.45, 7) is 7.53. The lowest BCUT2D eigenvalue weighted by Crippen LogP contribution is -2.12. The van der Waals surface area contributed by atoms with E-state index >= 15 is 0 Å². The number of thiocarbonyl (C=S) groups is 2. The molecule has 8 heteroatoms. The van der Waals surface area contributed by atoms with Crippen molar-refractivity contribution in [1.29, 1.82) is 0 Å². The van der Waals surface area contributed by atoms with Crippen LogP contribution in [0.1, 0.15) is 33.4 Å². The lowest BCUT2D eigenvalue weighted by Gasteiger charge is -2.08. The van der Waals surface area contributed by atoms with Gasteiger partial charge in [-0.2, -0.15) is 0 Å². The highest BCUT2D eigenvalue weighted by atomic mass is 32.1. The first kappa shape index (κ1) is 23.5. The van der Waals surface area contributed by atoms with E-state index in [1.165, 1.54) is 5.56 Å². The monoisotopic (exact) mass is 418 g/mol. The Bertz CT molecular complexity index is 927. The van der Waals surface area contributed by atoms with Gasteiger partial charge in [0.1, 0.15) is 0 Å². The molecule has 0 saturated heterocycles. The van der Waals surface area contributed by atoms with Crippen molar-refractivity contribution in [2.24, 2.45) is 11.5 Å². The number of rotatable bonds is 5. The fourth-order valence-corrected chi connectivity index (χ4v) is 3.02. The molecule has 0 aromatic heterocycles. The highest BCUT2D eigenvalue weighted by molar-refractivity contribution is 7.80. The second-order valence-corrected chi connectivity index (χ2v) is 7.79. The zero-order valence-electron chi connectivity index (χ0n) is 16.5. The first-order valence-corrected chi connectivity index (χ1v) is 9.40. The first-order chi connectivity index (χ1) is 12.9. The standard InChI is InChI=1S/C10H12N2O2S.C10H14N2S/c1-6-4-9(12(13)14)7(2)3-8(6)5-10(11)15;1-6-4-9(11)7(2)3-8(6)5-10(12)13/h3-4H,5H2,1-2H3,(H2,11,15);3-4H,5,11H2,1-2H3,(H2,12,13). The summed E-state index contributed by atoms with van der Waals surface area (Å²) < 4.78 is 0. The summed E-state index contributed by atoms with van der Waals surface area (Å²) >= 11 is 9.67. The quantitative estimate of drug-likeness (QED) is 0.292. The lowest BCUT2D eigenvalue weighted by atomic mass is 10.0. The highest BCUT2D eigenvalue weighted by Crippen LogP contribution is 2.23. The Balaban J connectivity index is 0.000000283. The fraction of sp³-hybridized carbons (Fsp3) is 0.300. The van der Waals surface area contributed by atoms with Crippen LogP contribution in [0, 0.1) is 37.8 Å². The number of nitrogens with zero attached hydrogens (tertiary/aromatic N) is 1. The van der Waals surface area contributed by atoms with Gasteiger partial charge >= 0.3 is 0 Å². The Hall–Kier alpha value is -2.58. The number of nitro groups is 1. The molecule has 150 valence electrons. The van der Waals surface area contributed by atoms with E-state index in [4.69, 9.17) is 41.6 Å². The van der Waals surface area contributed by atoms with Gasteiger partial charge in [0, 0.05) is 30.2 Å². The van der Waals surface area contributed by atoms with Crippen molar-refractivity contribution in [3.05, 3.63) is 67.8 Å². The van der Waals surface area contributed by atoms with Crippen molar-refractivity contribution < 1.29 is 4.92 Å². The number of benzene rings is 2. The molecule has 0 aliphatic carbocycles. The van der Waals surface area contributed by atoms with Gasteiger partial charge in [-0.1, -0.05) is 30.5 Å². The molecule has 2 rings (SSSR count). The summed E-state index contributed by atoms with van der Waals surface area (Å²) in [4.78, 5) is 11.2.